The van der Waals surface area contributed by atoms with Gasteiger partial charge in [-0.1, -0.05) is 38.3 Å². The first kappa shape index (κ1) is 24.5. The van der Waals surface area contributed by atoms with E-state index in [1.807, 2.05) is 4.90 Å². The second kappa shape index (κ2) is 11.1. The monoisotopic (exact) mass is 463 g/mol. The number of halogens is 3. The molecule has 33 heavy (non-hydrogen) atoms. The van der Waals surface area contributed by atoms with Crippen LogP contribution < -0.4 is 10.2 Å². The summed E-state index contributed by atoms with van der Waals surface area (Å²) in [6, 6.07) is 4.83. The zero-order valence-electron chi connectivity index (χ0n) is 18.6. The fourth-order valence-corrected chi connectivity index (χ4v) is 3.69. The van der Waals surface area contributed by atoms with E-state index in [-0.39, 0.29) is 30.4 Å². The van der Waals surface area contributed by atoms with Crippen molar-refractivity contribution >= 4 is 17.5 Å². The third-order valence-electron chi connectivity index (χ3n) is 5.55. The van der Waals surface area contributed by atoms with Crippen LogP contribution >= 0.6 is 0 Å². The summed E-state index contributed by atoms with van der Waals surface area (Å²) in [5.74, 6) is -0.867. The Bertz CT molecular complexity index is 942. The molecule has 0 aliphatic carbocycles. The van der Waals surface area contributed by atoms with Crippen LogP contribution in [-0.2, 0) is 6.18 Å². The van der Waals surface area contributed by atoms with E-state index < -0.39 is 17.6 Å². The van der Waals surface area contributed by atoms with E-state index in [4.69, 9.17) is 0 Å². The Morgan fingerprint density at radius 2 is 1.67 bits per heavy atom. The van der Waals surface area contributed by atoms with Crippen molar-refractivity contribution in [2.45, 2.75) is 38.8 Å². The number of hydrogen-bond acceptors (Lipinski definition) is 5. The smallest absolute Gasteiger partial charge is 0.365 e. The quantitative estimate of drug-likeness (QED) is 0.603. The predicted octanol–water partition coefficient (Wildman–Crippen LogP) is 3.77. The van der Waals surface area contributed by atoms with Crippen LogP contribution in [0, 0.1) is 0 Å². The first-order valence-electron chi connectivity index (χ1n) is 11.1. The Kier molecular flexibility index (Phi) is 8.24. The van der Waals surface area contributed by atoms with Crippen molar-refractivity contribution in [2.75, 3.05) is 37.6 Å². The number of nitrogens with zero attached hydrogens (tertiary/aromatic N) is 4. The zero-order valence-corrected chi connectivity index (χ0v) is 18.6. The molecule has 2 amide bonds. The fourth-order valence-electron chi connectivity index (χ4n) is 3.69. The number of carbonyl (C=O) groups excluding carboxylic acids is 2. The normalized spacial score (nSPS) is 14.3. The highest BCUT2D eigenvalue weighted by molar-refractivity contribution is 5.96. The average molecular weight is 464 g/mol. The van der Waals surface area contributed by atoms with Gasteiger partial charge in [-0.2, -0.15) is 13.2 Å². The number of hydrogen-bond donors (Lipinski definition) is 1. The van der Waals surface area contributed by atoms with Crippen LogP contribution in [-0.4, -0.2) is 59.4 Å². The summed E-state index contributed by atoms with van der Waals surface area (Å²) in [7, 11) is 0. The lowest BCUT2D eigenvalue weighted by molar-refractivity contribution is -0.138. The molecule has 2 heterocycles. The highest BCUT2D eigenvalue weighted by Crippen LogP contribution is 2.32. The molecule has 1 aliphatic heterocycles. The van der Waals surface area contributed by atoms with Crippen molar-refractivity contribution in [3.05, 3.63) is 53.6 Å². The highest BCUT2D eigenvalue weighted by Gasteiger charge is 2.36. The van der Waals surface area contributed by atoms with Crippen LogP contribution in [0.1, 0.15) is 59.1 Å². The van der Waals surface area contributed by atoms with Crippen molar-refractivity contribution in [3.8, 4) is 0 Å². The van der Waals surface area contributed by atoms with Gasteiger partial charge < -0.3 is 15.1 Å². The van der Waals surface area contributed by atoms with Crippen LogP contribution in [0.3, 0.4) is 0 Å². The molecule has 1 N–H and O–H groups in total. The number of piperazine rings is 1. The van der Waals surface area contributed by atoms with Gasteiger partial charge in [0.05, 0.1) is 29.2 Å². The molecule has 10 heteroatoms. The van der Waals surface area contributed by atoms with Crippen molar-refractivity contribution in [1.82, 2.24) is 20.2 Å². The van der Waals surface area contributed by atoms with Crippen molar-refractivity contribution in [1.29, 1.82) is 0 Å². The van der Waals surface area contributed by atoms with E-state index in [1.165, 1.54) is 23.1 Å². The van der Waals surface area contributed by atoms with Crippen LogP contribution in [0.2, 0.25) is 0 Å². The molecular weight excluding hydrogens is 435 g/mol. The van der Waals surface area contributed by atoms with Crippen molar-refractivity contribution in [3.63, 3.8) is 0 Å². The largest absolute Gasteiger partial charge is 0.417 e. The van der Waals surface area contributed by atoms with Crippen LogP contribution in [0.25, 0.3) is 0 Å². The molecule has 1 aromatic carbocycles. The molecule has 1 saturated heterocycles. The third kappa shape index (κ3) is 6.43. The Hall–Kier alpha value is -3.17. The van der Waals surface area contributed by atoms with Gasteiger partial charge in [0.25, 0.3) is 11.8 Å². The van der Waals surface area contributed by atoms with Gasteiger partial charge in [-0.15, -0.1) is 0 Å². The lowest BCUT2D eigenvalue weighted by Crippen LogP contribution is -2.49. The molecule has 1 fully saturated rings. The molecule has 0 radical (unpaired) electrons. The molecular formula is C23H28F3N5O2. The summed E-state index contributed by atoms with van der Waals surface area (Å²) in [6.07, 6.45) is 2.75. The molecule has 0 atom stereocenters. The number of benzene rings is 1. The first-order chi connectivity index (χ1) is 15.8. The number of carbonyl (C=O) groups is 2. The summed E-state index contributed by atoms with van der Waals surface area (Å²) >= 11 is 0. The van der Waals surface area contributed by atoms with Crippen molar-refractivity contribution < 1.29 is 22.8 Å². The zero-order chi connectivity index (χ0) is 23.8. The van der Waals surface area contributed by atoms with Crippen molar-refractivity contribution in [2.24, 2.45) is 0 Å². The summed E-state index contributed by atoms with van der Waals surface area (Å²) in [4.78, 5) is 36.5. The number of rotatable bonds is 8. The molecule has 1 aliphatic rings. The number of alkyl halides is 3. The van der Waals surface area contributed by atoms with Gasteiger partial charge in [0.1, 0.15) is 0 Å². The highest BCUT2D eigenvalue weighted by atomic mass is 19.4. The minimum atomic E-state index is -4.59. The van der Waals surface area contributed by atoms with Crippen LogP contribution in [0.15, 0.2) is 36.7 Å². The maximum atomic E-state index is 13.2. The second-order valence-corrected chi connectivity index (χ2v) is 7.90. The van der Waals surface area contributed by atoms with Gasteiger partial charge in [0.15, 0.2) is 0 Å². The standard InChI is InChI=1S/C23H28F3N5O2/c1-2-3-4-7-10-27-21(32)20-28-15-17(16-29-20)30-11-13-31(14-12-30)22(33)18-8-5-6-9-19(18)23(24,25)26/h5-6,8-9,15-16H,2-4,7,10-14H2,1H3,(H,27,32). The SMILES string of the molecule is CCCCCCNC(=O)c1ncc(N2CCN(C(=O)c3ccccc3C(F)(F)F)CC2)cn1. The number of nitrogens with one attached hydrogen (secondary N) is 1. The number of amides is 2. The Morgan fingerprint density at radius 3 is 2.30 bits per heavy atom. The average Bonchev–Trinajstić information content (AvgIpc) is 2.83. The maximum absolute atomic E-state index is 13.2. The minimum Gasteiger partial charge on any atom is -0.365 e. The van der Waals surface area contributed by atoms with Crippen LogP contribution in [0.5, 0.6) is 0 Å². The Labute approximate surface area is 191 Å². The third-order valence-corrected chi connectivity index (χ3v) is 5.55. The first-order valence-corrected chi connectivity index (χ1v) is 11.1. The lowest BCUT2D eigenvalue weighted by atomic mass is 10.1. The molecule has 2 aromatic rings. The second-order valence-electron chi connectivity index (χ2n) is 7.90. The molecule has 7 nitrogen and oxygen atoms in total. The van der Waals surface area contributed by atoms with E-state index in [0.717, 1.165) is 31.7 Å². The fraction of sp³-hybridized carbons (Fsp3) is 0.478. The summed E-state index contributed by atoms with van der Waals surface area (Å²) in [5, 5.41) is 2.80. The summed E-state index contributed by atoms with van der Waals surface area (Å²) < 4.78 is 39.7. The van der Waals surface area contributed by atoms with E-state index in [0.29, 0.717) is 25.3 Å². The molecule has 0 bridgehead atoms. The minimum absolute atomic E-state index is 0.0896. The van der Waals surface area contributed by atoms with Crippen LogP contribution in [0.4, 0.5) is 18.9 Å². The number of unbranched alkanes of at least 4 members (excludes halogenated alkanes) is 3. The van der Waals surface area contributed by atoms with E-state index in [2.05, 4.69) is 22.2 Å². The van der Waals surface area contributed by atoms with Gasteiger partial charge in [0, 0.05) is 32.7 Å². The summed E-state index contributed by atoms with van der Waals surface area (Å²) in [5.41, 5.74) is -0.575. The molecule has 0 unspecified atom stereocenters. The molecule has 1 aromatic heterocycles. The molecule has 178 valence electrons. The maximum Gasteiger partial charge on any atom is 0.417 e. The Morgan fingerprint density at radius 1 is 1.00 bits per heavy atom. The van der Waals surface area contributed by atoms with Gasteiger partial charge in [-0.3, -0.25) is 9.59 Å². The predicted molar refractivity (Wildman–Crippen MR) is 118 cm³/mol. The van der Waals surface area contributed by atoms with Gasteiger partial charge in [-0.05, 0) is 18.6 Å². The van der Waals surface area contributed by atoms with E-state index in [9.17, 15) is 22.8 Å². The van der Waals surface area contributed by atoms with Gasteiger partial charge in [0.2, 0.25) is 5.82 Å². The van der Waals surface area contributed by atoms with E-state index in [1.54, 1.807) is 12.4 Å². The summed E-state index contributed by atoms with van der Waals surface area (Å²) in [6.45, 7) is 4.09. The molecule has 0 saturated carbocycles. The topological polar surface area (TPSA) is 78.4 Å². The van der Waals surface area contributed by atoms with Gasteiger partial charge in [-0.25, -0.2) is 9.97 Å². The Balaban J connectivity index is 1.54. The van der Waals surface area contributed by atoms with Gasteiger partial charge >= 0.3 is 6.18 Å². The molecule has 3 rings (SSSR count). The lowest BCUT2D eigenvalue weighted by Gasteiger charge is -2.36. The van der Waals surface area contributed by atoms with E-state index >= 15 is 0 Å². The number of aromatic nitrogens is 2. The number of anilines is 1. The molecule has 0 spiro atoms.